The van der Waals surface area contributed by atoms with E-state index in [-0.39, 0.29) is 16.7 Å². The van der Waals surface area contributed by atoms with E-state index in [1.54, 1.807) is 41.8 Å². The maximum atomic E-state index is 13.2. The van der Waals surface area contributed by atoms with Gasteiger partial charge in [0.1, 0.15) is 6.04 Å². The number of aryl methyl sites for hydroxylation is 1. The molecule has 0 saturated carbocycles. The first kappa shape index (κ1) is 21.8. The van der Waals surface area contributed by atoms with Gasteiger partial charge in [-0.15, -0.1) is 0 Å². The van der Waals surface area contributed by atoms with Gasteiger partial charge in [-0.1, -0.05) is 23.4 Å². The van der Waals surface area contributed by atoms with E-state index in [1.807, 2.05) is 6.26 Å². The Balaban J connectivity index is 1.74. The first-order valence-electron chi connectivity index (χ1n) is 9.56. The van der Waals surface area contributed by atoms with Crippen LogP contribution in [0.4, 0.5) is 0 Å². The molecule has 2 heterocycles. The monoisotopic (exact) mass is 438 g/mol. The van der Waals surface area contributed by atoms with Gasteiger partial charge in [0.05, 0.1) is 10.8 Å². The van der Waals surface area contributed by atoms with Crippen LogP contribution in [0, 0.1) is 6.92 Å². The van der Waals surface area contributed by atoms with Crippen LogP contribution in [0.1, 0.15) is 36.9 Å². The Bertz CT molecular complexity index is 917. The Morgan fingerprint density at radius 1 is 1.38 bits per heavy atom. The molecule has 0 radical (unpaired) electrons. The molecule has 0 spiro atoms. The molecule has 2 unspecified atom stereocenters. The van der Waals surface area contributed by atoms with Crippen molar-refractivity contribution >= 4 is 27.7 Å². The van der Waals surface area contributed by atoms with Crippen molar-refractivity contribution in [1.29, 1.82) is 0 Å². The van der Waals surface area contributed by atoms with Crippen LogP contribution < -0.4 is 4.72 Å². The zero-order valence-corrected chi connectivity index (χ0v) is 18.2. The van der Waals surface area contributed by atoms with Crippen LogP contribution in [0.25, 0.3) is 0 Å². The number of sulfonamides is 1. The Kier molecular flexibility index (Phi) is 7.31. The standard InChI is InChI=1S/C19H26N4O4S2/c1-14-20-18(27-21-14)15-7-6-11-23(13-15)19(24)17(10-12-28-2)22-29(25,26)16-8-4-3-5-9-16/h3-5,8-9,15,17,22H,6-7,10-13H2,1-2H3. The maximum Gasteiger partial charge on any atom is 0.241 e. The average Bonchev–Trinajstić information content (AvgIpc) is 3.17. The molecule has 1 aliphatic heterocycles. The van der Waals surface area contributed by atoms with E-state index in [9.17, 15) is 13.2 Å². The highest BCUT2D eigenvalue weighted by atomic mass is 32.2. The summed E-state index contributed by atoms with van der Waals surface area (Å²) in [6.07, 6.45) is 4.02. The molecule has 3 rings (SSSR count). The van der Waals surface area contributed by atoms with Crippen LogP contribution in [0.15, 0.2) is 39.8 Å². The minimum atomic E-state index is -3.78. The number of nitrogens with one attached hydrogen (secondary N) is 1. The summed E-state index contributed by atoms with van der Waals surface area (Å²) in [6, 6.07) is 7.31. The second kappa shape index (κ2) is 9.73. The van der Waals surface area contributed by atoms with E-state index in [4.69, 9.17) is 4.52 Å². The minimum Gasteiger partial charge on any atom is -0.341 e. The number of amides is 1. The third-order valence-corrected chi connectivity index (χ3v) is 7.02. The molecule has 8 nitrogen and oxygen atoms in total. The lowest BCUT2D eigenvalue weighted by molar-refractivity contribution is -0.134. The van der Waals surface area contributed by atoms with Crippen molar-refractivity contribution in [2.24, 2.45) is 0 Å². The number of piperidine rings is 1. The smallest absolute Gasteiger partial charge is 0.241 e. The van der Waals surface area contributed by atoms with Crippen molar-refractivity contribution in [3.8, 4) is 0 Å². The zero-order valence-electron chi connectivity index (χ0n) is 16.6. The molecule has 29 heavy (non-hydrogen) atoms. The van der Waals surface area contributed by atoms with E-state index in [0.717, 1.165) is 12.8 Å². The molecule has 1 aromatic heterocycles. The molecule has 1 aliphatic rings. The molecule has 2 atom stereocenters. The number of nitrogens with zero attached hydrogens (tertiary/aromatic N) is 3. The van der Waals surface area contributed by atoms with Crippen molar-refractivity contribution < 1.29 is 17.7 Å². The molecule has 1 aromatic carbocycles. The van der Waals surface area contributed by atoms with Gasteiger partial charge in [-0.3, -0.25) is 4.79 Å². The highest BCUT2D eigenvalue weighted by Crippen LogP contribution is 2.26. The highest BCUT2D eigenvalue weighted by molar-refractivity contribution is 7.98. The van der Waals surface area contributed by atoms with Gasteiger partial charge in [0.25, 0.3) is 0 Å². The first-order chi connectivity index (χ1) is 13.9. The fourth-order valence-corrected chi connectivity index (χ4v) is 5.12. The Hall–Kier alpha value is -1.91. The quantitative estimate of drug-likeness (QED) is 0.673. The van der Waals surface area contributed by atoms with Gasteiger partial charge in [0.2, 0.25) is 21.8 Å². The topological polar surface area (TPSA) is 105 Å². The van der Waals surface area contributed by atoms with Crippen molar-refractivity contribution in [3.63, 3.8) is 0 Å². The summed E-state index contributed by atoms with van der Waals surface area (Å²) < 4.78 is 33.4. The van der Waals surface area contributed by atoms with Gasteiger partial charge in [0, 0.05) is 13.1 Å². The zero-order chi connectivity index (χ0) is 20.9. The van der Waals surface area contributed by atoms with Crippen LogP contribution in [0.3, 0.4) is 0 Å². The van der Waals surface area contributed by atoms with Crippen LogP contribution in [-0.2, 0) is 14.8 Å². The number of carbonyl (C=O) groups is 1. The molecule has 2 aromatic rings. The second-order valence-corrected chi connectivity index (χ2v) is 9.77. The molecule has 10 heteroatoms. The molecule has 1 N–H and O–H groups in total. The van der Waals surface area contributed by atoms with Gasteiger partial charge < -0.3 is 9.42 Å². The predicted molar refractivity (Wildman–Crippen MR) is 111 cm³/mol. The van der Waals surface area contributed by atoms with Crippen molar-refractivity contribution in [1.82, 2.24) is 19.8 Å². The first-order valence-corrected chi connectivity index (χ1v) is 12.4. The van der Waals surface area contributed by atoms with Crippen LogP contribution >= 0.6 is 11.8 Å². The maximum absolute atomic E-state index is 13.2. The van der Waals surface area contributed by atoms with Crippen molar-refractivity contribution in [2.45, 2.75) is 43.0 Å². The molecule has 1 fully saturated rings. The van der Waals surface area contributed by atoms with Crippen molar-refractivity contribution in [3.05, 3.63) is 42.0 Å². The number of rotatable bonds is 8. The lowest BCUT2D eigenvalue weighted by atomic mass is 9.97. The van der Waals surface area contributed by atoms with Crippen LogP contribution in [0.5, 0.6) is 0 Å². The van der Waals surface area contributed by atoms with Gasteiger partial charge in [-0.2, -0.15) is 21.5 Å². The van der Waals surface area contributed by atoms with Gasteiger partial charge >= 0.3 is 0 Å². The fraction of sp³-hybridized carbons (Fsp3) is 0.526. The molecule has 158 valence electrons. The lowest BCUT2D eigenvalue weighted by Gasteiger charge is -2.33. The number of likely N-dealkylation sites (tertiary alicyclic amines) is 1. The Morgan fingerprint density at radius 3 is 2.79 bits per heavy atom. The number of hydrogen-bond acceptors (Lipinski definition) is 7. The van der Waals surface area contributed by atoms with Crippen LogP contribution in [0.2, 0.25) is 0 Å². The molecule has 1 saturated heterocycles. The lowest BCUT2D eigenvalue weighted by Crippen LogP contribution is -2.51. The van der Waals surface area contributed by atoms with Gasteiger partial charge in [-0.25, -0.2) is 8.42 Å². The number of benzene rings is 1. The summed E-state index contributed by atoms with van der Waals surface area (Å²) in [5, 5.41) is 3.84. The summed E-state index contributed by atoms with van der Waals surface area (Å²) >= 11 is 1.58. The second-order valence-electron chi connectivity index (χ2n) is 7.07. The van der Waals surface area contributed by atoms with E-state index in [0.29, 0.717) is 37.0 Å². The van der Waals surface area contributed by atoms with E-state index in [2.05, 4.69) is 14.9 Å². The SMILES string of the molecule is CSCCC(NS(=O)(=O)c1ccccc1)C(=O)N1CCCC(c2nc(C)no2)C1. The summed E-state index contributed by atoms with van der Waals surface area (Å²) in [6.45, 7) is 2.80. The van der Waals surface area contributed by atoms with E-state index >= 15 is 0 Å². The van der Waals surface area contributed by atoms with Crippen LogP contribution in [-0.4, -0.2) is 60.5 Å². The minimum absolute atomic E-state index is 0.0270. The van der Waals surface area contributed by atoms with Crippen molar-refractivity contribution in [2.75, 3.05) is 25.1 Å². The summed E-state index contributed by atoms with van der Waals surface area (Å²) in [5.74, 6) is 1.54. The summed E-state index contributed by atoms with van der Waals surface area (Å²) in [7, 11) is -3.78. The van der Waals surface area contributed by atoms with Gasteiger partial charge in [0.15, 0.2) is 5.82 Å². The largest absolute Gasteiger partial charge is 0.341 e. The van der Waals surface area contributed by atoms with Gasteiger partial charge in [-0.05, 0) is 50.3 Å². The molecule has 1 amide bonds. The number of thioether (sulfide) groups is 1. The highest BCUT2D eigenvalue weighted by Gasteiger charge is 2.33. The molecular formula is C19H26N4O4S2. The van der Waals surface area contributed by atoms with E-state index in [1.165, 1.54) is 12.1 Å². The van der Waals surface area contributed by atoms with E-state index < -0.39 is 16.1 Å². The number of aromatic nitrogens is 2. The normalized spacial score (nSPS) is 18.6. The Morgan fingerprint density at radius 2 is 2.14 bits per heavy atom. The average molecular weight is 439 g/mol. The molecular weight excluding hydrogens is 412 g/mol. The third kappa shape index (κ3) is 5.58. The summed E-state index contributed by atoms with van der Waals surface area (Å²) in [4.78, 5) is 19.4. The molecule has 0 aliphatic carbocycles. The number of carbonyl (C=O) groups excluding carboxylic acids is 1. The third-order valence-electron chi connectivity index (χ3n) is 4.89. The number of hydrogen-bond donors (Lipinski definition) is 1. The Labute approximate surface area is 175 Å². The summed E-state index contributed by atoms with van der Waals surface area (Å²) in [5.41, 5.74) is 0. The molecule has 0 bridgehead atoms. The fourth-order valence-electron chi connectivity index (χ4n) is 3.40. The predicted octanol–water partition coefficient (Wildman–Crippen LogP) is 2.18.